The molecule has 1 amide bonds. The van der Waals surface area contributed by atoms with Crippen LogP contribution < -0.4 is 14.8 Å². The van der Waals surface area contributed by atoms with Crippen molar-refractivity contribution in [1.82, 2.24) is 5.32 Å². The van der Waals surface area contributed by atoms with E-state index in [0.29, 0.717) is 17.6 Å². The normalized spacial score (nSPS) is 9.59. The molecule has 1 aromatic rings. The van der Waals surface area contributed by atoms with E-state index in [4.69, 9.17) is 21.1 Å². The van der Waals surface area contributed by atoms with Gasteiger partial charge in [0.25, 0.3) is 5.91 Å². The predicted molar refractivity (Wildman–Crippen MR) is 63.0 cm³/mol. The zero-order chi connectivity index (χ0) is 12.8. The van der Waals surface area contributed by atoms with Gasteiger partial charge in [-0.25, -0.2) is 0 Å². The van der Waals surface area contributed by atoms with Crippen molar-refractivity contribution in [1.29, 1.82) is 0 Å². The van der Waals surface area contributed by atoms with Gasteiger partial charge in [0, 0.05) is 12.6 Å². The van der Waals surface area contributed by atoms with Crippen LogP contribution in [0.2, 0.25) is 5.02 Å². The molecule has 6 heteroatoms. The zero-order valence-corrected chi connectivity index (χ0v) is 10.2. The first-order valence-corrected chi connectivity index (χ1v) is 5.16. The molecule has 0 saturated carbocycles. The minimum Gasteiger partial charge on any atom is -0.493 e. The van der Waals surface area contributed by atoms with E-state index in [-0.39, 0.29) is 23.3 Å². The van der Waals surface area contributed by atoms with Crippen molar-refractivity contribution in [3.63, 3.8) is 0 Å². The summed E-state index contributed by atoms with van der Waals surface area (Å²) in [6.45, 7) is -0.174. The average Bonchev–Trinajstić information content (AvgIpc) is 2.35. The largest absolute Gasteiger partial charge is 0.493 e. The number of carbonyl (C=O) groups is 2. The number of amides is 1. The van der Waals surface area contributed by atoms with Crippen molar-refractivity contribution in [3.8, 4) is 11.5 Å². The van der Waals surface area contributed by atoms with Crippen LogP contribution in [0.1, 0.15) is 10.4 Å². The fraction of sp³-hybridized carbons (Fsp3) is 0.273. The number of ether oxygens (including phenoxy) is 2. The van der Waals surface area contributed by atoms with Gasteiger partial charge < -0.3 is 14.8 Å². The number of benzene rings is 1. The quantitative estimate of drug-likeness (QED) is 0.808. The summed E-state index contributed by atoms with van der Waals surface area (Å²) in [5.74, 6) is 0.259. The van der Waals surface area contributed by atoms with Gasteiger partial charge in [-0.2, -0.15) is 0 Å². The number of methoxy groups -OCH3 is 1. The number of aldehydes is 1. The van der Waals surface area contributed by atoms with Gasteiger partial charge in [-0.05, 0) is 12.1 Å². The van der Waals surface area contributed by atoms with E-state index in [2.05, 4.69) is 5.32 Å². The summed E-state index contributed by atoms with van der Waals surface area (Å²) in [7, 11) is 2.92. The molecule has 0 heterocycles. The van der Waals surface area contributed by atoms with Crippen LogP contribution in [0.4, 0.5) is 0 Å². The van der Waals surface area contributed by atoms with Crippen LogP contribution in [0.5, 0.6) is 11.5 Å². The van der Waals surface area contributed by atoms with Crippen molar-refractivity contribution >= 4 is 23.8 Å². The second-order valence-corrected chi connectivity index (χ2v) is 3.52. The Morgan fingerprint density at radius 1 is 1.53 bits per heavy atom. The predicted octanol–water partition coefficient (Wildman–Crippen LogP) is 1.29. The molecule has 5 nitrogen and oxygen atoms in total. The van der Waals surface area contributed by atoms with Crippen LogP contribution in [-0.2, 0) is 4.79 Å². The lowest BCUT2D eigenvalue weighted by atomic mass is 10.2. The molecule has 1 rings (SSSR count). The van der Waals surface area contributed by atoms with E-state index in [1.165, 1.54) is 26.3 Å². The summed E-state index contributed by atoms with van der Waals surface area (Å²) >= 11 is 5.92. The van der Waals surface area contributed by atoms with Crippen LogP contribution in [0.25, 0.3) is 0 Å². The Hall–Kier alpha value is -1.75. The number of carbonyl (C=O) groups excluding carboxylic acids is 2. The van der Waals surface area contributed by atoms with Crippen LogP contribution >= 0.6 is 11.6 Å². The van der Waals surface area contributed by atoms with Crippen LogP contribution in [0, 0.1) is 0 Å². The van der Waals surface area contributed by atoms with Crippen molar-refractivity contribution in [2.45, 2.75) is 0 Å². The average molecular weight is 258 g/mol. The van der Waals surface area contributed by atoms with Crippen LogP contribution in [0.3, 0.4) is 0 Å². The topological polar surface area (TPSA) is 64.6 Å². The number of hydrogen-bond acceptors (Lipinski definition) is 4. The minimum absolute atomic E-state index is 0.174. The molecule has 17 heavy (non-hydrogen) atoms. The second-order valence-electron chi connectivity index (χ2n) is 3.11. The summed E-state index contributed by atoms with van der Waals surface area (Å²) < 4.78 is 10.3. The van der Waals surface area contributed by atoms with Gasteiger partial charge in [-0.15, -0.1) is 0 Å². The lowest BCUT2D eigenvalue weighted by Crippen LogP contribution is -2.25. The third-order valence-corrected chi connectivity index (χ3v) is 2.30. The van der Waals surface area contributed by atoms with Crippen molar-refractivity contribution in [2.24, 2.45) is 0 Å². The molecule has 1 N–H and O–H groups in total. The summed E-state index contributed by atoms with van der Waals surface area (Å²) in [6, 6.07) is 2.92. The first kappa shape index (κ1) is 13.3. The van der Waals surface area contributed by atoms with Crippen molar-refractivity contribution in [2.75, 3.05) is 20.8 Å². The highest BCUT2D eigenvalue weighted by Gasteiger charge is 2.13. The number of halogens is 1. The molecule has 0 saturated heterocycles. The number of likely N-dealkylation sites (N-methyl/N-ethyl adjacent to an activating group) is 1. The molecule has 0 aromatic heterocycles. The molecule has 0 fully saturated rings. The molecular weight excluding hydrogens is 246 g/mol. The Labute approximate surface area is 104 Å². The van der Waals surface area contributed by atoms with E-state index in [9.17, 15) is 9.59 Å². The summed E-state index contributed by atoms with van der Waals surface area (Å²) in [6.07, 6.45) is 0.650. The standard InChI is InChI=1S/C11H12ClNO4/c1-13-10(15)6-17-11-8(12)3-7(5-14)4-9(11)16-2/h3-5H,6H2,1-2H3,(H,13,15). The maximum absolute atomic E-state index is 11.0. The van der Waals surface area contributed by atoms with Gasteiger partial charge >= 0.3 is 0 Å². The molecule has 0 bridgehead atoms. The zero-order valence-electron chi connectivity index (χ0n) is 9.45. The van der Waals surface area contributed by atoms with Gasteiger partial charge in [0.05, 0.1) is 12.1 Å². The lowest BCUT2D eigenvalue weighted by molar-refractivity contribution is -0.122. The number of nitrogens with one attached hydrogen (secondary N) is 1. The highest BCUT2D eigenvalue weighted by Crippen LogP contribution is 2.35. The van der Waals surface area contributed by atoms with Gasteiger partial charge in [-0.1, -0.05) is 11.6 Å². The maximum Gasteiger partial charge on any atom is 0.257 e. The van der Waals surface area contributed by atoms with Gasteiger partial charge in [0.2, 0.25) is 0 Å². The van der Waals surface area contributed by atoms with E-state index < -0.39 is 0 Å². The fourth-order valence-corrected chi connectivity index (χ4v) is 1.43. The Balaban J connectivity index is 2.97. The van der Waals surface area contributed by atoms with Crippen molar-refractivity contribution in [3.05, 3.63) is 22.7 Å². The summed E-state index contributed by atoms with van der Waals surface area (Å²) in [5.41, 5.74) is 0.374. The van der Waals surface area contributed by atoms with E-state index in [0.717, 1.165) is 0 Å². The first-order valence-electron chi connectivity index (χ1n) is 4.78. The number of hydrogen-bond donors (Lipinski definition) is 1. The van der Waals surface area contributed by atoms with Crippen molar-refractivity contribution < 1.29 is 19.1 Å². The molecule has 1 aromatic carbocycles. The molecule has 92 valence electrons. The number of rotatable bonds is 5. The Bertz CT molecular complexity index is 434. The highest BCUT2D eigenvalue weighted by molar-refractivity contribution is 6.32. The van der Waals surface area contributed by atoms with Gasteiger partial charge in [-0.3, -0.25) is 9.59 Å². The molecule has 0 atom stereocenters. The van der Waals surface area contributed by atoms with E-state index >= 15 is 0 Å². The summed E-state index contributed by atoms with van der Waals surface area (Å²) in [5, 5.41) is 2.63. The van der Waals surface area contributed by atoms with Crippen LogP contribution in [-0.4, -0.2) is 33.0 Å². The Kier molecular flexibility index (Phi) is 4.78. The minimum atomic E-state index is -0.289. The van der Waals surface area contributed by atoms with Crippen LogP contribution in [0.15, 0.2) is 12.1 Å². The molecule has 0 aliphatic heterocycles. The smallest absolute Gasteiger partial charge is 0.257 e. The molecular formula is C11H12ClNO4. The Morgan fingerprint density at radius 2 is 2.24 bits per heavy atom. The highest BCUT2D eigenvalue weighted by atomic mass is 35.5. The first-order chi connectivity index (χ1) is 8.12. The lowest BCUT2D eigenvalue weighted by Gasteiger charge is -2.12. The third kappa shape index (κ3) is 3.35. The SMILES string of the molecule is CNC(=O)COc1c(Cl)cc(C=O)cc1OC. The van der Waals surface area contributed by atoms with Gasteiger partial charge in [0.15, 0.2) is 18.1 Å². The second kappa shape index (κ2) is 6.10. The molecule has 0 aliphatic rings. The molecule has 0 radical (unpaired) electrons. The van der Waals surface area contributed by atoms with E-state index in [1.807, 2.05) is 0 Å². The maximum atomic E-state index is 11.0. The molecule has 0 spiro atoms. The van der Waals surface area contributed by atoms with E-state index in [1.54, 1.807) is 0 Å². The Morgan fingerprint density at radius 3 is 2.76 bits per heavy atom. The third-order valence-electron chi connectivity index (χ3n) is 2.01. The summed E-state index contributed by atoms with van der Waals surface area (Å²) in [4.78, 5) is 21.7. The molecule has 0 unspecified atom stereocenters. The fourth-order valence-electron chi connectivity index (χ4n) is 1.16. The monoisotopic (exact) mass is 257 g/mol. The molecule has 0 aliphatic carbocycles. The van der Waals surface area contributed by atoms with Gasteiger partial charge in [0.1, 0.15) is 6.29 Å².